The van der Waals surface area contributed by atoms with Crippen LogP contribution in [0, 0.1) is 6.92 Å². The van der Waals surface area contributed by atoms with E-state index < -0.39 is 0 Å². The first-order valence-electron chi connectivity index (χ1n) is 6.93. The molecule has 1 fully saturated rings. The van der Waals surface area contributed by atoms with Crippen molar-refractivity contribution in [1.29, 1.82) is 0 Å². The van der Waals surface area contributed by atoms with Crippen LogP contribution < -0.4 is 4.74 Å². The minimum atomic E-state index is 0.286. The highest BCUT2D eigenvalue weighted by Gasteiger charge is 2.27. The van der Waals surface area contributed by atoms with E-state index in [1.54, 1.807) is 0 Å². The van der Waals surface area contributed by atoms with Crippen molar-refractivity contribution in [2.45, 2.75) is 52.2 Å². The Morgan fingerprint density at radius 2 is 1.83 bits per heavy atom. The Balaban J connectivity index is 1.87. The molecule has 2 heteroatoms. The average Bonchev–Trinajstić information content (AvgIpc) is 2.28. The maximum absolute atomic E-state index is 6.07. The maximum Gasteiger partial charge on any atom is 0.119 e. The minimum Gasteiger partial charge on any atom is -0.490 e. The minimum absolute atomic E-state index is 0.286. The highest BCUT2D eigenvalue weighted by Crippen LogP contribution is 2.23. The largest absolute Gasteiger partial charge is 0.490 e. The number of piperidine rings is 1. The molecule has 0 aromatic heterocycles. The summed E-state index contributed by atoms with van der Waals surface area (Å²) in [6.07, 6.45) is 2.64. The topological polar surface area (TPSA) is 12.5 Å². The van der Waals surface area contributed by atoms with Gasteiger partial charge in [-0.2, -0.15) is 0 Å². The van der Waals surface area contributed by atoms with Gasteiger partial charge >= 0.3 is 0 Å². The third-order valence-electron chi connectivity index (χ3n) is 3.68. The number of ether oxygens (including phenoxy) is 1. The molecule has 0 radical (unpaired) electrons. The smallest absolute Gasteiger partial charge is 0.119 e. The first-order chi connectivity index (χ1) is 8.45. The number of hydrogen-bond donors (Lipinski definition) is 0. The van der Waals surface area contributed by atoms with Gasteiger partial charge in [0.2, 0.25) is 0 Å². The first-order valence-corrected chi connectivity index (χ1v) is 6.93. The first kappa shape index (κ1) is 13.4. The van der Waals surface area contributed by atoms with Gasteiger partial charge in [0.1, 0.15) is 11.9 Å². The quantitative estimate of drug-likeness (QED) is 0.791. The summed E-state index contributed by atoms with van der Waals surface area (Å²) in [6, 6.07) is 8.35. The molecule has 1 heterocycles. The van der Waals surface area contributed by atoms with Crippen molar-refractivity contribution < 1.29 is 4.74 Å². The molecule has 1 saturated heterocycles. The van der Waals surface area contributed by atoms with Gasteiger partial charge in [-0.05, 0) is 58.2 Å². The van der Waals surface area contributed by atoms with Gasteiger partial charge in [-0.15, -0.1) is 0 Å². The van der Waals surface area contributed by atoms with Crippen LogP contribution >= 0.6 is 0 Å². The molecule has 2 rings (SSSR count). The van der Waals surface area contributed by atoms with Gasteiger partial charge in [0.05, 0.1) is 0 Å². The number of rotatable bonds is 2. The zero-order chi connectivity index (χ0) is 13.2. The van der Waals surface area contributed by atoms with Crippen LogP contribution in [0.3, 0.4) is 0 Å². The van der Waals surface area contributed by atoms with E-state index in [0.29, 0.717) is 6.10 Å². The van der Waals surface area contributed by atoms with E-state index in [1.807, 2.05) is 0 Å². The second kappa shape index (κ2) is 5.31. The van der Waals surface area contributed by atoms with E-state index >= 15 is 0 Å². The lowest BCUT2D eigenvalue weighted by atomic mass is 9.99. The third-order valence-corrected chi connectivity index (χ3v) is 3.68. The predicted octanol–water partition coefficient (Wildman–Crippen LogP) is 3.64. The second-order valence-corrected chi connectivity index (χ2v) is 6.29. The molecule has 100 valence electrons. The summed E-state index contributed by atoms with van der Waals surface area (Å²) in [5.74, 6) is 1.02. The summed E-state index contributed by atoms with van der Waals surface area (Å²) < 4.78 is 6.07. The Bertz CT molecular complexity index is 386. The molecule has 18 heavy (non-hydrogen) atoms. The van der Waals surface area contributed by atoms with Crippen LogP contribution in [-0.2, 0) is 0 Å². The molecule has 1 aliphatic rings. The lowest BCUT2D eigenvalue weighted by molar-refractivity contribution is 0.0491. The second-order valence-electron chi connectivity index (χ2n) is 6.29. The maximum atomic E-state index is 6.07. The van der Waals surface area contributed by atoms with E-state index in [1.165, 1.54) is 5.56 Å². The summed E-state index contributed by atoms with van der Waals surface area (Å²) in [5, 5.41) is 0. The van der Waals surface area contributed by atoms with Gasteiger partial charge in [0.25, 0.3) is 0 Å². The van der Waals surface area contributed by atoms with E-state index in [-0.39, 0.29) is 5.54 Å². The summed E-state index contributed by atoms with van der Waals surface area (Å²) in [5.41, 5.74) is 1.55. The molecule has 0 bridgehead atoms. The van der Waals surface area contributed by atoms with Crippen molar-refractivity contribution in [3.05, 3.63) is 29.8 Å². The van der Waals surface area contributed by atoms with E-state index in [2.05, 4.69) is 56.9 Å². The molecular formula is C16H25NO. The number of hydrogen-bond acceptors (Lipinski definition) is 2. The molecule has 1 aromatic rings. The van der Waals surface area contributed by atoms with Gasteiger partial charge in [0.15, 0.2) is 0 Å². The van der Waals surface area contributed by atoms with E-state index in [4.69, 9.17) is 4.74 Å². The molecule has 0 spiro atoms. The number of aryl methyl sites for hydroxylation is 1. The average molecular weight is 247 g/mol. The molecule has 1 aliphatic heterocycles. The molecule has 0 aliphatic carbocycles. The van der Waals surface area contributed by atoms with Crippen LogP contribution in [0.25, 0.3) is 0 Å². The monoisotopic (exact) mass is 247 g/mol. The van der Waals surface area contributed by atoms with Gasteiger partial charge in [-0.1, -0.05) is 12.1 Å². The van der Waals surface area contributed by atoms with Crippen LogP contribution in [0.15, 0.2) is 24.3 Å². The van der Waals surface area contributed by atoms with Gasteiger partial charge in [-0.3, -0.25) is 4.90 Å². The van der Waals surface area contributed by atoms with E-state index in [9.17, 15) is 0 Å². The fraction of sp³-hybridized carbons (Fsp3) is 0.625. The highest BCUT2D eigenvalue weighted by atomic mass is 16.5. The van der Waals surface area contributed by atoms with Crippen molar-refractivity contribution in [2.75, 3.05) is 13.1 Å². The lowest BCUT2D eigenvalue weighted by Crippen LogP contribution is -2.48. The van der Waals surface area contributed by atoms with Gasteiger partial charge < -0.3 is 4.74 Å². The third kappa shape index (κ3) is 3.49. The molecule has 0 amide bonds. The van der Waals surface area contributed by atoms with Gasteiger partial charge in [0, 0.05) is 18.6 Å². The molecule has 2 nitrogen and oxygen atoms in total. The zero-order valence-electron chi connectivity index (χ0n) is 12.1. The van der Waals surface area contributed by atoms with Crippen molar-refractivity contribution in [3.63, 3.8) is 0 Å². The summed E-state index contributed by atoms with van der Waals surface area (Å²) in [6.45, 7) is 11.2. The molecule has 1 aromatic carbocycles. The molecule has 0 unspecified atom stereocenters. The molecule has 0 atom stereocenters. The Morgan fingerprint density at radius 1 is 1.17 bits per heavy atom. The van der Waals surface area contributed by atoms with Crippen LogP contribution in [0.2, 0.25) is 0 Å². The standard InChI is InChI=1S/C16H25NO/c1-13-6-5-7-15(12-13)18-14-8-10-17(11-9-14)16(2,3)4/h5-7,12,14H,8-11H2,1-4H3. The Hall–Kier alpha value is -1.02. The molecule has 0 saturated carbocycles. The normalized spacial score (nSPS) is 18.9. The number of nitrogens with zero attached hydrogens (tertiary/aromatic N) is 1. The van der Waals surface area contributed by atoms with Crippen molar-refractivity contribution in [3.8, 4) is 5.75 Å². The van der Waals surface area contributed by atoms with Crippen LogP contribution in [-0.4, -0.2) is 29.6 Å². The summed E-state index contributed by atoms with van der Waals surface area (Å²) >= 11 is 0. The number of likely N-dealkylation sites (tertiary alicyclic amines) is 1. The Kier molecular flexibility index (Phi) is 3.96. The van der Waals surface area contributed by atoms with Crippen molar-refractivity contribution in [2.24, 2.45) is 0 Å². The van der Waals surface area contributed by atoms with Gasteiger partial charge in [-0.25, -0.2) is 0 Å². The van der Waals surface area contributed by atoms with Crippen LogP contribution in [0.5, 0.6) is 5.75 Å². The predicted molar refractivity (Wildman–Crippen MR) is 76.2 cm³/mol. The van der Waals surface area contributed by atoms with E-state index in [0.717, 1.165) is 31.7 Å². The number of benzene rings is 1. The Morgan fingerprint density at radius 3 is 2.39 bits per heavy atom. The molecule has 0 N–H and O–H groups in total. The fourth-order valence-electron chi connectivity index (χ4n) is 2.53. The fourth-order valence-corrected chi connectivity index (χ4v) is 2.53. The van der Waals surface area contributed by atoms with Crippen molar-refractivity contribution >= 4 is 0 Å². The van der Waals surface area contributed by atoms with Crippen molar-refractivity contribution in [1.82, 2.24) is 4.90 Å². The highest BCUT2D eigenvalue weighted by molar-refractivity contribution is 5.27. The summed E-state index contributed by atoms with van der Waals surface area (Å²) in [4.78, 5) is 2.54. The van der Waals surface area contributed by atoms with Crippen LogP contribution in [0.4, 0.5) is 0 Å². The lowest BCUT2D eigenvalue weighted by Gasteiger charge is -2.40. The summed E-state index contributed by atoms with van der Waals surface area (Å²) in [7, 11) is 0. The zero-order valence-corrected chi connectivity index (χ0v) is 12.1. The van der Waals surface area contributed by atoms with Crippen LogP contribution in [0.1, 0.15) is 39.2 Å². The molecular weight excluding hydrogens is 222 g/mol. The Labute approximate surface area is 111 Å². The SMILES string of the molecule is Cc1cccc(OC2CCN(C(C)(C)C)CC2)c1.